The van der Waals surface area contributed by atoms with Crippen molar-refractivity contribution in [2.75, 3.05) is 0 Å². The minimum atomic E-state index is -3.77. The van der Waals surface area contributed by atoms with E-state index in [9.17, 15) is 13.9 Å². The Kier molecular flexibility index (Phi) is 3.58. The van der Waals surface area contributed by atoms with Crippen LogP contribution in [0.3, 0.4) is 0 Å². The number of hydrogen-bond acceptors (Lipinski definition) is 2. The highest BCUT2D eigenvalue weighted by atomic mass is 35.5. The monoisotopic (exact) mass is 258 g/mol. The van der Waals surface area contributed by atoms with Gasteiger partial charge in [-0.25, -0.2) is 0 Å². The standard InChI is InChI=1S/C8H10Cl2F2N2O/c1-4(2)14-6(5(9)3-13-14)7(15)8(10,11)12/h3-4,7,15H,1-2H3. The van der Waals surface area contributed by atoms with Crippen LogP contribution in [-0.2, 0) is 0 Å². The van der Waals surface area contributed by atoms with E-state index < -0.39 is 11.5 Å². The first kappa shape index (κ1) is 12.7. The Bertz CT molecular complexity index is 349. The average Bonchev–Trinajstić information content (AvgIpc) is 2.44. The molecule has 1 heterocycles. The third kappa shape index (κ3) is 2.59. The van der Waals surface area contributed by atoms with Crippen LogP contribution in [0.15, 0.2) is 6.20 Å². The predicted octanol–water partition coefficient (Wildman–Crippen LogP) is 2.98. The van der Waals surface area contributed by atoms with Crippen molar-refractivity contribution in [1.82, 2.24) is 9.78 Å². The molecule has 0 spiro atoms. The minimum absolute atomic E-state index is 0.0310. The van der Waals surface area contributed by atoms with Crippen molar-refractivity contribution in [1.29, 1.82) is 0 Å². The summed E-state index contributed by atoms with van der Waals surface area (Å²) >= 11 is 10.4. The zero-order chi connectivity index (χ0) is 11.8. The molecular formula is C8H10Cl2F2N2O. The van der Waals surface area contributed by atoms with Gasteiger partial charge in [-0.05, 0) is 25.4 Å². The van der Waals surface area contributed by atoms with E-state index in [-0.39, 0.29) is 16.8 Å². The molecule has 1 rings (SSSR count). The molecule has 15 heavy (non-hydrogen) atoms. The van der Waals surface area contributed by atoms with Crippen LogP contribution in [0.1, 0.15) is 31.7 Å². The molecule has 0 saturated heterocycles. The van der Waals surface area contributed by atoms with Gasteiger partial charge in [-0.1, -0.05) is 11.6 Å². The van der Waals surface area contributed by atoms with Gasteiger partial charge in [0.05, 0.1) is 16.9 Å². The maximum absolute atomic E-state index is 12.7. The SMILES string of the molecule is CC(C)n1ncc(Cl)c1C(O)C(F)(F)Cl. The first-order valence-corrected chi connectivity index (χ1v) is 4.98. The lowest BCUT2D eigenvalue weighted by Gasteiger charge is -2.19. The summed E-state index contributed by atoms with van der Waals surface area (Å²) in [6.45, 7) is 3.46. The van der Waals surface area contributed by atoms with Gasteiger partial charge in [0.25, 0.3) is 0 Å². The Morgan fingerprint density at radius 3 is 2.47 bits per heavy atom. The molecule has 0 fully saturated rings. The van der Waals surface area contributed by atoms with E-state index in [0.717, 1.165) is 0 Å². The highest BCUT2D eigenvalue weighted by Crippen LogP contribution is 2.38. The lowest BCUT2D eigenvalue weighted by atomic mass is 10.2. The average molecular weight is 259 g/mol. The second-order valence-corrected chi connectivity index (χ2v) is 4.27. The van der Waals surface area contributed by atoms with Gasteiger partial charge in [-0.2, -0.15) is 13.9 Å². The number of nitrogens with zero attached hydrogens (tertiary/aromatic N) is 2. The molecular weight excluding hydrogens is 249 g/mol. The Labute approximate surface area is 95.6 Å². The fourth-order valence-electron chi connectivity index (χ4n) is 1.17. The van der Waals surface area contributed by atoms with Gasteiger partial charge in [0.2, 0.25) is 0 Å². The summed E-state index contributed by atoms with van der Waals surface area (Å²) < 4.78 is 26.6. The Balaban J connectivity index is 3.18. The molecule has 1 aromatic rings. The molecule has 0 aliphatic heterocycles. The smallest absolute Gasteiger partial charge is 0.352 e. The summed E-state index contributed by atoms with van der Waals surface area (Å²) in [6.07, 6.45) is -0.973. The van der Waals surface area contributed by atoms with E-state index >= 15 is 0 Å². The second kappa shape index (κ2) is 4.23. The molecule has 0 saturated carbocycles. The van der Waals surface area contributed by atoms with Crippen LogP contribution in [0.5, 0.6) is 0 Å². The van der Waals surface area contributed by atoms with Crippen LogP contribution in [0.4, 0.5) is 8.78 Å². The van der Waals surface area contributed by atoms with Crippen molar-refractivity contribution in [3.05, 3.63) is 16.9 Å². The highest BCUT2D eigenvalue weighted by molar-refractivity contribution is 6.31. The number of alkyl halides is 3. The summed E-state index contributed by atoms with van der Waals surface area (Å²) in [5.74, 6) is 0. The number of halogens is 4. The van der Waals surface area contributed by atoms with Crippen LogP contribution in [0, 0.1) is 0 Å². The molecule has 0 aliphatic carbocycles. The molecule has 0 amide bonds. The summed E-state index contributed by atoms with van der Waals surface area (Å²) in [7, 11) is 0. The molecule has 0 bridgehead atoms. The number of rotatable bonds is 3. The quantitative estimate of drug-likeness (QED) is 0.847. The van der Waals surface area contributed by atoms with Gasteiger partial charge in [-0.3, -0.25) is 4.68 Å². The van der Waals surface area contributed by atoms with Gasteiger partial charge in [0, 0.05) is 6.04 Å². The lowest BCUT2D eigenvalue weighted by Crippen LogP contribution is -2.23. The van der Waals surface area contributed by atoms with Crippen molar-refractivity contribution < 1.29 is 13.9 Å². The summed E-state index contributed by atoms with van der Waals surface area (Å²) in [4.78, 5) is 0. The fourth-order valence-corrected chi connectivity index (χ4v) is 1.51. The van der Waals surface area contributed by atoms with Gasteiger partial charge < -0.3 is 5.11 Å². The van der Waals surface area contributed by atoms with Crippen molar-refractivity contribution in [2.45, 2.75) is 31.4 Å². The minimum Gasteiger partial charge on any atom is -0.379 e. The van der Waals surface area contributed by atoms with E-state index in [1.807, 2.05) is 0 Å². The second-order valence-electron chi connectivity index (χ2n) is 3.36. The molecule has 1 N–H and O–H groups in total. The largest absolute Gasteiger partial charge is 0.379 e. The summed E-state index contributed by atoms with van der Waals surface area (Å²) in [6, 6.07) is -0.193. The first-order chi connectivity index (χ1) is 6.75. The van der Waals surface area contributed by atoms with Gasteiger partial charge in [0.1, 0.15) is 0 Å². The topological polar surface area (TPSA) is 38.0 Å². The van der Waals surface area contributed by atoms with Crippen LogP contribution in [0.2, 0.25) is 5.02 Å². The Morgan fingerprint density at radius 1 is 1.53 bits per heavy atom. The van der Waals surface area contributed by atoms with Crippen molar-refractivity contribution in [3.8, 4) is 0 Å². The molecule has 0 radical (unpaired) electrons. The molecule has 0 aromatic carbocycles. The number of aliphatic hydroxyl groups excluding tert-OH is 1. The third-order valence-corrected chi connectivity index (χ3v) is 2.34. The van der Waals surface area contributed by atoms with E-state index in [0.29, 0.717) is 0 Å². The van der Waals surface area contributed by atoms with E-state index in [2.05, 4.69) is 5.10 Å². The Hall–Kier alpha value is -0.390. The zero-order valence-corrected chi connectivity index (χ0v) is 9.60. The molecule has 3 nitrogen and oxygen atoms in total. The summed E-state index contributed by atoms with van der Waals surface area (Å²) in [5, 5.41) is 9.31. The molecule has 1 aromatic heterocycles. The van der Waals surface area contributed by atoms with E-state index in [1.165, 1.54) is 10.9 Å². The molecule has 1 unspecified atom stereocenters. The van der Waals surface area contributed by atoms with Crippen LogP contribution >= 0.6 is 23.2 Å². The van der Waals surface area contributed by atoms with Crippen LogP contribution in [-0.4, -0.2) is 20.3 Å². The fraction of sp³-hybridized carbons (Fsp3) is 0.625. The molecule has 1 atom stereocenters. The van der Waals surface area contributed by atoms with Crippen molar-refractivity contribution >= 4 is 23.2 Å². The van der Waals surface area contributed by atoms with Crippen molar-refractivity contribution in [3.63, 3.8) is 0 Å². The van der Waals surface area contributed by atoms with Crippen molar-refractivity contribution in [2.24, 2.45) is 0 Å². The van der Waals surface area contributed by atoms with Gasteiger partial charge >= 0.3 is 5.38 Å². The summed E-state index contributed by atoms with van der Waals surface area (Å²) in [5.41, 5.74) is -0.174. The normalized spacial score (nSPS) is 14.7. The maximum atomic E-state index is 12.7. The van der Waals surface area contributed by atoms with Crippen LogP contribution < -0.4 is 0 Å². The molecule has 7 heteroatoms. The zero-order valence-electron chi connectivity index (χ0n) is 8.09. The third-order valence-electron chi connectivity index (χ3n) is 1.85. The van der Waals surface area contributed by atoms with E-state index in [4.69, 9.17) is 23.2 Å². The highest BCUT2D eigenvalue weighted by Gasteiger charge is 2.40. The van der Waals surface area contributed by atoms with E-state index in [1.54, 1.807) is 13.8 Å². The van der Waals surface area contributed by atoms with Crippen LogP contribution in [0.25, 0.3) is 0 Å². The molecule has 86 valence electrons. The number of aliphatic hydroxyl groups is 1. The predicted molar refractivity (Wildman–Crippen MR) is 53.4 cm³/mol. The Morgan fingerprint density at radius 2 is 2.07 bits per heavy atom. The maximum Gasteiger partial charge on any atom is 0.352 e. The first-order valence-electron chi connectivity index (χ1n) is 4.22. The van der Waals surface area contributed by atoms with Gasteiger partial charge in [-0.15, -0.1) is 0 Å². The molecule has 0 aliphatic rings. The number of hydrogen-bond donors (Lipinski definition) is 1. The lowest BCUT2D eigenvalue weighted by molar-refractivity contribution is -0.0471. The van der Waals surface area contributed by atoms with Gasteiger partial charge in [0.15, 0.2) is 6.10 Å². The number of aromatic nitrogens is 2.